The topological polar surface area (TPSA) is 52.6 Å². The Morgan fingerprint density at radius 3 is 2.38 bits per heavy atom. The van der Waals surface area contributed by atoms with Gasteiger partial charge in [-0.15, -0.1) is 0 Å². The number of hydrogen-bond acceptors (Lipinski definition) is 4. The number of carbonyl (C=O) groups is 2. The molecule has 24 heavy (non-hydrogen) atoms. The number of benzene rings is 2. The lowest BCUT2D eigenvalue weighted by Crippen LogP contribution is -2.10. The zero-order valence-corrected chi connectivity index (χ0v) is 14.2. The third kappa shape index (κ3) is 3.77. The highest BCUT2D eigenvalue weighted by Gasteiger charge is 2.24. The molecule has 0 atom stereocenters. The second kappa shape index (κ2) is 6.65. The SMILES string of the molecule is CC(=O)Oc1cc(C)cc(Cl)c1C(=O)c1ccc(OC2CC2)cc1. The van der Waals surface area contributed by atoms with Gasteiger partial charge in [-0.25, -0.2) is 0 Å². The van der Waals surface area contributed by atoms with E-state index in [1.165, 1.54) is 6.92 Å². The molecule has 0 unspecified atom stereocenters. The number of hydrogen-bond donors (Lipinski definition) is 0. The highest BCUT2D eigenvalue weighted by Crippen LogP contribution is 2.32. The van der Waals surface area contributed by atoms with Gasteiger partial charge in [0.05, 0.1) is 16.7 Å². The van der Waals surface area contributed by atoms with E-state index >= 15 is 0 Å². The standard InChI is InChI=1S/C19H17ClO4/c1-11-9-16(20)18(17(10-11)23-12(2)21)19(22)13-3-5-14(6-4-13)24-15-7-8-15/h3-6,9-10,15H,7-8H2,1-2H3. The van der Waals surface area contributed by atoms with Crippen LogP contribution in [-0.4, -0.2) is 17.9 Å². The molecule has 0 saturated heterocycles. The molecule has 0 amide bonds. The summed E-state index contributed by atoms with van der Waals surface area (Å²) in [6.07, 6.45) is 2.45. The molecule has 5 heteroatoms. The largest absolute Gasteiger partial charge is 0.490 e. The molecule has 4 nitrogen and oxygen atoms in total. The molecule has 1 fully saturated rings. The first-order valence-corrected chi connectivity index (χ1v) is 8.12. The van der Waals surface area contributed by atoms with E-state index in [1.54, 1.807) is 36.4 Å². The Kier molecular flexibility index (Phi) is 4.58. The Labute approximate surface area is 145 Å². The fourth-order valence-corrected chi connectivity index (χ4v) is 2.72. The first kappa shape index (κ1) is 16.5. The van der Waals surface area contributed by atoms with Gasteiger partial charge in [0.1, 0.15) is 11.5 Å². The second-order valence-electron chi connectivity index (χ2n) is 5.88. The Bertz CT molecular complexity index is 792. The van der Waals surface area contributed by atoms with E-state index in [-0.39, 0.29) is 22.1 Å². The van der Waals surface area contributed by atoms with Crippen LogP contribution < -0.4 is 9.47 Å². The second-order valence-corrected chi connectivity index (χ2v) is 6.29. The van der Waals surface area contributed by atoms with Crippen molar-refractivity contribution in [2.75, 3.05) is 0 Å². The third-order valence-electron chi connectivity index (χ3n) is 3.62. The fourth-order valence-electron chi connectivity index (χ4n) is 2.37. The van der Waals surface area contributed by atoms with Gasteiger partial charge in [0.2, 0.25) is 0 Å². The zero-order valence-electron chi connectivity index (χ0n) is 13.5. The van der Waals surface area contributed by atoms with Crippen LogP contribution in [0.15, 0.2) is 36.4 Å². The number of aryl methyl sites for hydroxylation is 1. The Morgan fingerprint density at radius 2 is 1.79 bits per heavy atom. The van der Waals surface area contributed by atoms with E-state index in [0.717, 1.165) is 24.2 Å². The smallest absolute Gasteiger partial charge is 0.308 e. The van der Waals surface area contributed by atoms with Crippen molar-refractivity contribution in [1.82, 2.24) is 0 Å². The lowest BCUT2D eigenvalue weighted by molar-refractivity contribution is -0.131. The minimum Gasteiger partial charge on any atom is -0.490 e. The van der Waals surface area contributed by atoms with Gasteiger partial charge in [-0.1, -0.05) is 11.6 Å². The molecular weight excluding hydrogens is 328 g/mol. The van der Waals surface area contributed by atoms with Crippen molar-refractivity contribution >= 4 is 23.4 Å². The highest BCUT2D eigenvalue weighted by molar-refractivity contribution is 6.35. The van der Waals surface area contributed by atoms with Crippen LogP contribution in [0.1, 0.15) is 41.3 Å². The third-order valence-corrected chi connectivity index (χ3v) is 3.92. The molecule has 0 heterocycles. The zero-order chi connectivity index (χ0) is 17.3. The molecule has 124 valence electrons. The average molecular weight is 345 g/mol. The van der Waals surface area contributed by atoms with Crippen molar-refractivity contribution in [3.63, 3.8) is 0 Å². The van der Waals surface area contributed by atoms with Crippen molar-refractivity contribution in [3.8, 4) is 11.5 Å². The highest BCUT2D eigenvalue weighted by atomic mass is 35.5. The molecule has 0 N–H and O–H groups in total. The van der Waals surface area contributed by atoms with E-state index in [9.17, 15) is 9.59 Å². The summed E-state index contributed by atoms with van der Waals surface area (Å²) in [5.74, 6) is 0.119. The summed E-state index contributed by atoms with van der Waals surface area (Å²) in [4.78, 5) is 24.1. The van der Waals surface area contributed by atoms with Crippen LogP contribution in [0.3, 0.4) is 0 Å². The van der Waals surface area contributed by atoms with Gasteiger partial charge in [0.15, 0.2) is 5.78 Å². The Hall–Kier alpha value is -2.33. The quantitative estimate of drug-likeness (QED) is 0.460. The van der Waals surface area contributed by atoms with Gasteiger partial charge in [0.25, 0.3) is 0 Å². The number of halogens is 1. The lowest BCUT2D eigenvalue weighted by atomic mass is 10.0. The van der Waals surface area contributed by atoms with Gasteiger partial charge in [0, 0.05) is 12.5 Å². The molecule has 0 radical (unpaired) electrons. The van der Waals surface area contributed by atoms with Crippen LogP contribution in [0.4, 0.5) is 0 Å². The molecule has 1 aliphatic carbocycles. The van der Waals surface area contributed by atoms with Crippen molar-refractivity contribution in [1.29, 1.82) is 0 Å². The maximum atomic E-state index is 12.8. The molecule has 0 bridgehead atoms. The maximum Gasteiger partial charge on any atom is 0.308 e. The minimum atomic E-state index is -0.501. The molecule has 0 aliphatic heterocycles. The van der Waals surface area contributed by atoms with Gasteiger partial charge in [-0.05, 0) is 61.7 Å². The first-order valence-electron chi connectivity index (χ1n) is 7.74. The summed E-state index contributed by atoms with van der Waals surface area (Å²) in [7, 11) is 0. The van der Waals surface area contributed by atoms with E-state index in [1.807, 2.05) is 6.92 Å². The predicted molar refractivity (Wildman–Crippen MR) is 91.0 cm³/mol. The van der Waals surface area contributed by atoms with Gasteiger partial charge in [-0.2, -0.15) is 0 Å². The van der Waals surface area contributed by atoms with Crippen molar-refractivity contribution in [2.45, 2.75) is 32.8 Å². The number of rotatable bonds is 5. The van der Waals surface area contributed by atoms with Gasteiger partial charge in [-0.3, -0.25) is 9.59 Å². The summed E-state index contributed by atoms with van der Waals surface area (Å²) < 4.78 is 10.8. The van der Waals surface area contributed by atoms with Crippen LogP contribution in [-0.2, 0) is 4.79 Å². The summed E-state index contributed by atoms with van der Waals surface area (Å²) >= 11 is 6.23. The fraction of sp³-hybridized carbons (Fsp3) is 0.263. The van der Waals surface area contributed by atoms with Crippen LogP contribution in [0, 0.1) is 6.92 Å². The number of ether oxygens (including phenoxy) is 2. The van der Waals surface area contributed by atoms with Crippen molar-refractivity contribution in [3.05, 3.63) is 58.1 Å². The Balaban J connectivity index is 1.92. The van der Waals surface area contributed by atoms with Crippen LogP contribution in [0.25, 0.3) is 0 Å². The minimum absolute atomic E-state index is 0.177. The van der Waals surface area contributed by atoms with Gasteiger partial charge < -0.3 is 9.47 Å². The first-order chi connectivity index (χ1) is 11.4. The molecule has 2 aromatic carbocycles. The number of ketones is 1. The predicted octanol–water partition coefficient (Wildman–Crippen LogP) is 4.35. The monoisotopic (exact) mass is 344 g/mol. The maximum absolute atomic E-state index is 12.8. The van der Waals surface area contributed by atoms with Crippen LogP contribution in [0.5, 0.6) is 11.5 Å². The van der Waals surface area contributed by atoms with Gasteiger partial charge >= 0.3 is 5.97 Å². The van der Waals surface area contributed by atoms with E-state index in [2.05, 4.69) is 0 Å². The molecule has 0 spiro atoms. The summed E-state index contributed by atoms with van der Waals surface area (Å²) in [6.45, 7) is 3.10. The molecule has 0 aromatic heterocycles. The summed E-state index contributed by atoms with van der Waals surface area (Å²) in [5.41, 5.74) is 1.45. The van der Waals surface area contributed by atoms with E-state index in [4.69, 9.17) is 21.1 Å². The van der Waals surface area contributed by atoms with E-state index in [0.29, 0.717) is 11.7 Å². The van der Waals surface area contributed by atoms with Crippen LogP contribution >= 0.6 is 11.6 Å². The summed E-state index contributed by atoms with van der Waals surface area (Å²) in [5, 5.41) is 0.259. The molecular formula is C19H17ClO4. The van der Waals surface area contributed by atoms with Crippen molar-refractivity contribution in [2.24, 2.45) is 0 Å². The molecule has 1 saturated carbocycles. The molecule has 3 rings (SSSR count). The average Bonchev–Trinajstić information content (AvgIpc) is 3.30. The van der Waals surface area contributed by atoms with E-state index < -0.39 is 5.97 Å². The lowest BCUT2D eigenvalue weighted by Gasteiger charge is -2.12. The summed E-state index contributed by atoms with van der Waals surface area (Å²) in [6, 6.07) is 10.2. The number of esters is 1. The molecule has 2 aromatic rings. The van der Waals surface area contributed by atoms with Crippen molar-refractivity contribution < 1.29 is 19.1 Å². The normalized spacial score (nSPS) is 13.5. The van der Waals surface area contributed by atoms with Crippen LogP contribution in [0.2, 0.25) is 5.02 Å². The Morgan fingerprint density at radius 1 is 1.12 bits per heavy atom. The number of carbonyl (C=O) groups excluding carboxylic acids is 2. The molecule has 1 aliphatic rings.